The molecule has 0 radical (unpaired) electrons. The van der Waals surface area contributed by atoms with E-state index in [2.05, 4.69) is 5.16 Å². The van der Waals surface area contributed by atoms with E-state index >= 15 is 0 Å². The van der Waals surface area contributed by atoms with Gasteiger partial charge in [0.1, 0.15) is 0 Å². The van der Waals surface area contributed by atoms with Gasteiger partial charge in [0.25, 0.3) is 5.91 Å². The van der Waals surface area contributed by atoms with E-state index in [0.29, 0.717) is 29.7 Å². The van der Waals surface area contributed by atoms with Gasteiger partial charge in [-0.25, -0.2) is 0 Å². The summed E-state index contributed by atoms with van der Waals surface area (Å²) in [4.78, 5) is 14.3. The molecule has 22 heavy (non-hydrogen) atoms. The molecule has 2 unspecified atom stereocenters. The van der Waals surface area contributed by atoms with Gasteiger partial charge in [-0.3, -0.25) is 4.79 Å². The fourth-order valence-electron chi connectivity index (χ4n) is 2.70. The van der Waals surface area contributed by atoms with Gasteiger partial charge in [0.2, 0.25) is 5.76 Å². The Bertz CT molecular complexity index is 609. The summed E-state index contributed by atoms with van der Waals surface area (Å²) < 4.78 is 10.4. The molecule has 0 aliphatic carbocycles. The molecule has 1 saturated heterocycles. The molecular weight excluding hydrogens is 306 g/mol. The number of amides is 1. The molecule has 1 aliphatic heterocycles. The van der Waals surface area contributed by atoms with Gasteiger partial charge in [0.05, 0.1) is 6.26 Å². The van der Waals surface area contributed by atoms with Crippen molar-refractivity contribution in [2.45, 2.75) is 25.8 Å². The smallest absolute Gasteiger partial charge is 0.276 e. The third-order valence-corrected chi connectivity index (χ3v) is 3.98. The number of nitrogens with zero attached hydrogens (tertiary/aromatic N) is 2. The second-order valence-electron chi connectivity index (χ2n) is 5.57. The molecule has 1 amide bonds. The van der Waals surface area contributed by atoms with Crippen molar-refractivity contribution < 1.29 is 13.7 Å². The lowest BCUT2D eigenvalue weighted by molar-refractivity contribution is 0.0650. The average Bonchev–Trinajstić information content (AvgIpc) is 3.17. The molecule has 1 fully saturated rings. The SMILES string of the molecule is CC(N)C1CCCN(C(=O)c2cc(-c3ccco3)on2)C1.Cl. The molecule has 120 valence electrons. The maximum atomic E-state index is 12.5. The number of carbonyl (C=O) groups is 1. The Morgan fingerprint density at radius 3 is 3.00 bits per heavy atom. The first kappa shape index (κ1) is 16.6. The number of furan rings is 1. The maximum Gasteiger partial charge on any atom is 0.276 e. The first-order valence-corrected chi connectivity index (χ1v) is 7.20. The number of likely N-dealkylation sites (tertiary alicyclic amines) is 1. The standard InChI is InChI=1S/C15H19N3O3.ClH/c1-10(16)11-4-2-6-18(9-11)15(19)12-8-14(21-17-12)13-5-3-7-20-13;/h3,5,7-8,10-11H,2,4,6,9,16H2,1H3;1H. The van der Waals surface area contributed by atoms with Crippen LogP contribution in [-0.2, 0) is 0 Å². The number of rotatable bonds is 3. The van der Waals surface area contributed by atoms with E-state index in [-0.39, 0.29) is 24.4 Å². The van der Waals surface area contributed by atoms with Crippen molar-refractivity contribution in [2.24, 2.45) is 11.7 Å². The fraction of sp³-hybridized carbons (Fsp3) is 0.467. The van der Waals surface area contributed by atoms with Crippen molar-refractivity contribution in [1.29, 1.82) is 0 Å². The van der Waals surface area contributed by atoms with Crippen LogP contribution < -0.4 is 5.73 Å². The zero-order valence-corrected chi connectivity index (χ0v) is 13.2. The Kier molecular flexibility index (Phi) is 5.26. The van der Waals surface area contributed by atoms with Crippen LogP contribution in [-0.4, -0.2) is 35.1 Å². The van der Waals surface area contributed by atoms with E-state index in [1.54, 1.807) is 29.4 Å². The van der Waals surface area contributed by atoms with Crippen molar-refractivity contribution in [3.8, 4) is 11.5 Å². The third kappa shape index (κ3) is 3.34. The Balaban J connectivity index is 0.00000176. The fourth-order valence-corrected chi connectivity index (χ4v) is 2.70. The van der Waals surface area contributed by atoms with Crippen LogP contribution in [0.2, 0.25) is 0 Å². The highest BCUT2D eigenvalue weighted by molar-refractivity contribution is 5.93. The van der Waals surface area contributed by atoms with Gasteiger partial charge in [-0.15, -0.1) is 12.4 Å². The molecule has 0 saturated carbocycles. The summed E-state index contributed by atoms with van der Waals surface area (Å²) in [6.07, 6.45) is 3.59. The largest absolute Gasteiger partial charge is 0.461 e. The molecule has 3 heterocycles. The summed E-state index contributed by atoms with van der Waals surface area (Å²) >= 11 is 0. The van der Waals surface area contributed by atoms with Crippen molar-refractivity contribution in [1.82, 2.24) is 10.1 Å². The van der Waals surface area contributed by atoms with Gasteiger partial charge in [0.15, 0.2) is 11.5 Å². The zero-order valence-electron chi connectivity index (χ0n) is 12.4. The molecule has 2 aromatic heterocycles. The molecular formula is C15H20ClN3O3. The average molecular weight is 326 g/mol. The van der Waals surface area contributed by atoms with Gasteiger partial charge >= 0.3 is 0 Å². The minimum Gasteiger partial charge on any atom is -0.461 e. The van der Waals surface area contributed by atoms with E-state index < -0.39 is 0 Å². The summed E-state index contributed by atoms with van der Waals surface area (Å²) in [5.74, 6) is 1.26. The van der Waals surface area contributed by atoms with Crippen LogP contribution in [0.4, 0.5) is 0 Å². The van der Waals surface area contributed by atoms with Crippen LogP contribution in [0, 0.1) is 5.92 Å². The Hall–Kier alpha value is -1.79. The quantitative estimate of drug-likeness (QED) is 0.937. The van der Waals surface area contributed by atoms with Crippen LogP contribution in [0.1, 0.15) is 30.3 Å². The van der Waals surface area contributed by atoms with Crippen LogP contribution in [0.15, 0.2) is 33.4 Å². The lowest BCUT2D eigenvalue weighted by Gasteiger charge is -2.34. The number of piperidine rings is 1. The lowest BCUT2D eigenvalue weighted by Crippen LogP contribution is -2.45. The third-order valence-electron chi connectivity index (χ3n) is 3.98. The Labute approximate surface area is 135 Å². The number of halogens is 1. The monoisotopic (exact) mass is 325 g/mol. The van der Waals surface area contributed by atoms with Crippen molar-refractivity contribution in [3.63, 3.8) is 0 Å². The Morgan fingerprint density at radius 2 is 2.32 bits per heavy atom. The van der Waals surface area contributed by atoms with Crippen LogP contribution in [0.5, 0.6) is 0 Å². The van der Waals surface area contributed by atoms with Crippen molar-refractivity contribution >= 4 is 18.3 Å². The highest BCUT2D eigenvalue weighted by Crippen LogP contribution is 2.23. The predicted molar refractivity (Wildman–Crippen MR) is 83.7 cm³/mol. The molecule has 3 rings (SSSR count). The van der Waals surface area contributed by atoms with Crippen LogP contribution in [0.3, 0.4) is 0 Å². The molecule has 1 aliphatic rings. The van der Waals surface area contributed by atoms with Crippen LogP contribution >= 0.6 is 12.4 Å². The number of aromatic nitrogens is 1. The molecule has 2 N–H and O–H groups in total. The van der Waals surface area contributed by atoms with E-state index in [0.717, 1.165) is 19.4 Å². The predicted octanol–water partition coefficient (Wildman–Crippen LogP) is 2.56. The molecule has 2 aromatic rings. The molecule has 6 nitrogen and oxygen atoms in total. The van der Waals surface area contributed by atoms with Crippen LogP contribution in [0.25, 0.3) is 11.5 Å². The second-order valence-corrected chi connectivity index (χ2v) is 5.57. The van der Waals surface area contributed by atoms with Crippen molar-refractivity contribution in [2.75, 3.05) is 13.1 Å². The molecule has 2 atom stereocenters. The first-order chi connectivity index (χ1) is 10.1. The second kappa shape index (κ2) is 6.98. The summed E-state index contributed by atoms with van der Waals surface area (Å²) in [5, 5.41) is 3.86. The van der Waals surface area contributed by atoms with Crippen molar-refractivity contribution in [3.05, 3.63) is 30.2 Å². The maximum absolute atomic E-state index is 12.5. The van der Waals surface area contributed by atoms with Gasteiger partial charge in [-0.05, 0) is 37.8 Å². The lowest BCUT2D eigenvalue weighted by atomic mass is 9.92. The zero-order chi connectivity index (χ0) is 14.8. The Morgan fingerprint density at radius 1 is 1.50 bits per heavy atom. The first-order valence-electron chi connectivity index (χ1n) is 7.20. The summed E-state index contributed by atoms with van der Waals surface area (Å²) in [5.41, 5.74) is 6.26. The van der Waals surface area contributed by atoms with Gasteiger partial charge < -0.3 is 19.6 Å². The molecule has 7 heteroatoms. The molecule has 0 aromatic carbocycles. The van der Waals surface area contributed by atoms with Gasteiger partial charge in [-0.1, -0.05) is 5.16 Å². The molecule has 0 bridgehead atoms. The van der Waals surface area contributed by atoms with E-state index in [4.69, 9.17) is 14.7 Å². The number of hydrogen-bond donors (Lipinski definition) is 1. The minimum atomic E-state index is -0.109. The number of carbonyl (C=O) groups excluding carboxylic acids is 1. The topological polar surface area (TPSA) is 85.5 Å². The summed E-state index contributed by atoms with van der Waals surface area (Å²) in [6, 6.07) is 5.24. The summed E-state index contributed by atoms with van der Waals surface area (Å²) in [7, 11) is 0. The normalized spacial score (nSPS) is 19.5. The molecule has 0 spiro atoms. The highest BCUT2D eigenvalue weighted by Gasteiger charge is 2.28. The summed E-state index contributed by atoms with van der Waals surface area (Å²) in [6.45, 7) is 3.41. The highest BCUT2D eigenvalue weighted by atomic mass is 35.5. The minimum absolute atomic E-state index is 0. The van der Waals surface area contributed by atoms with E-state index in [1.807, 2.05) is 6.92 Å². The number of nitrogens with two attached hydrogens (primary N) is 1. The van der Waals surface area contributed by atoms with E-state index in [1.165, 1.54) is 0 Å². The van der Waals surface area contributed by atoms with Gasteiger partial charge in [0, 0.05) is 25.2 Å². The van der Waals surface area contributed by atoms with Gasteiger partial charge in [-0.2, -0.15) is 0 Å². The number of hydrogen-bond acceptors (Lipinski definition) is 5. The van der Waals surface area contributed by atoms with E-state index in [9.17, 15) is 4.79 Å².